The molecule has 2 aliphatic carbocycles. The number of fused-ring (bicyclic) bond motifs is 3. The fourth-order valence-electron chi connectivity index (χ4n) is 3.78. The summed E-state index contributed by atoms with van der Waals surface area (Å²) >= 11 is 0. The maximum absolute atomic E-state index is 13.0. The van der Waals surface area contributed by atoms with Gasteiger partial charge in [0.15, 0.2) is 12.4 Å². The van der Waals surface area contributed by atoms with E-state index in [9.17, 15) is 43.2 Å². The van der Waals surface area contributed by atoms with Crippen LogP contribution in [-0.2, 0) is 26.2 Å². The Bertz CT molecular complexity index is 1600. The number of unbranched alkanes of at least 4 members (excludes halogenated alkanes) is 1. The molecule has 39 heavy (non-hydrogen) atoms. The molecule has 2 aliphatic rings. The van der Waals surface area contributed by atoms with E-state index in [0.717, 1.165) is 12.6 Å². The number of hydrogen-bond acceptors (Lipinski definition) is 5. The first-order chi connectivity index (χ1) is 17.9. The summed E-state index contributed by atoms with van der Waals surface area (Å²) in [6.07, 6.45) is 8.15. The number of sulfone groups is 2. The van der Waals surface area contributed by atoms with Gasteiger partial charge in [0.1, 0.15) is 11.4 Å². The van der Waals surface area contributed by atoms with Crippen molar-refractivity contribution in [1.29, 1.82) is 5.41 Å². The van der Waals surface area contributed by atoms with Crippen LogP contribution in [0.3, 0.4) is 0 Å². The summed E-state index contributed by atoms with van der Waals surface area (Å²) in [7, 11) is -13.1. The molecule has 4 rings (SSSR count). The molecule has 1 N–H and O–H groups in total. The van der Waals surface area contributed by atoms with Crippen LogP contribution in [0, 0.1) is 12.3 Å². The zero-order chi connectivity index (χ0) is 29.4. The number of nitrogens with one attached hydrogen (secondary N) is 1. The smallest absolute Gasteiger partial charge is 0.299 e. The molecule has 14 heteroatoms. The first-order valence-electron chi connectivity index (χ1n) is 11.4. The molecule has 0 radical (unpaired) electrons. The first kappa shape index (κ1) is 30.3. The predicted molar refractivity (Wildman–Crippen MR) is 133 cm³/mol. The lowest BCUT2D eigenvalue weighted by atomic mass is 9.95. The molecule has 0 bridgehead atoms. The van der Waals surface area contributed by atoms with Gasteiger partial charge in [-0.05, 0) is 41.3 Å². The van der Waals surface area contributed by atoms with Gasteiger partial charge in [0, 0.05) is 24.1 Å². The minimum atomic E-state index is -6.58. The van der Waals surface area contributed by atoms with Gasteiger partial charge in [0.2, 0.25) is 0 Å². The molecular weight excluding hydrogens is 570 g/mol. The Labute approximate surface area is 221 Å². The molecule has 2 aromatic rings. The molecule has 1 aromatic heterocycles. The van der Waals surface area contributed by atoms with Crippen LogP contribution >= 0.6 is 0 Å². The third-order valence-electron chi connectivity index (χ3n) is 5.83. The molecule has 1 heterocycles. The standard InChI is InChI=1S/C15H7F6NO4S2.C10H16N/c16-14(17,18)27(23,24)11-6-9-8-4-2-1-3-7(8)5-10(9)12(22)13(11)28(25,26)15(19,20)21;1-3-4-7-11-8-5-10(2)6-9-11/h1-6,22H;5-6,8-9H,3-4,7H2,1-2H3/q;+1. The summed E-state index contributed by atoms with van der Waals surface area (Å²) in [6, 6.07) is 9.99. The second kappa shape index (κ2) is 10.7. The topological polar surface area (TPSA) is 96.0 Å². The molecule has 210 valence electrons. The highest BCUT2D eigenvalue weighted by Crippen LogP contribution is 2.47. The van der Waals surface area contributed by atoms with E-state index in [2.05, 4.69) is 42.9 Å². The van der Waals surface area contributed by atoms with E-state index in [-0.39, 0.29) is 22.8 Å². The van der Waals surface area contributed by atoms with E-state index in [4.69, 9.17) is 5.41 Å². The number of aryl methyl sites for hydroxylation is 2. The van der Waals surface area contributed by atoms with E-state index in [1.807, 2.05) is 0 Å². The number of hydrogen-bond donors (Lipinski definition) is 1. The summed E-state index contributed by atoms with van der Waals surface area (Å²) in [6.45, 7) is 5.48. The number of benzene rings is 1. The molecular formula is C25H23F6N2O4S2+. The molecule has 0 saturated heterocycles. The third-order valence-corrected chi connectivity index (χ3v) is 9.04. The SMILES string of the molecule is CCCC[n+]1ccc(C)cc1.N=C1C2=Cc3ccccc3C2=CC(S(=O)(=O)C(F)(F)F)=C1S(=O)(=O)C(F)(F)F. The number of nitrogens with zero attached hydrogens (tertiary/aromatic N) is 1. The average molecular weight is 594 g/mol. The number of alkyl halides is 6. The van der Waals surface area contributed by atoms with Gasteiger partial charge in [0.25, 0.3) is 19.7 Å². The fraction of sp³-hybridized carbons (Fsp3) is 0.280. The van der Waals surface area contributed by atoms with Gasteiger partial charge in [-0.3, -0.25) is 5.41 Å². The van der Waals surface area contributed by atoms with Crippen molar-refractivity contribution in [3.63, 3.8) is 0 Å². The van der Waals surface area contributed by atoms with Gasteiger partial charge < -0.3 is 0 Å². The summed E-state index contributed by atoms with van der Waals surface area (Å²) in [5.41, 5.74) is -12.6. The van der Waals surface area contributed by atoms with Crippen molar-refractivity contribution in [3.05, 3.63) is 86.9 Å². The highest BCUT2D eigenvalue weighted by molar-refractivity contribution is 8.00. The van der Waals surface area contributed by atoms with Gasteiger partial charge in [-0.15, -0.1) is 0 Å². The van der Waals surface area contributed by atoms with Crippen molar-refractivity contribution < 1.29 is 47.7 Å². The summed E-state index contributed by atoms with van der Waals surface area (Å²) in [5.74, 6) is 0. The van der Waals surface area contributed by atoms with Gasteiger partial charge in [-0.2, -0.15) is 26.3 Å². The van der Waals surface area contributed by atoms with Gasteiger partial charge in [-0.25, -0.2) is 21.4 Å². The lowest BCUT2D eigenvalue weighted by molar-refractivity contribution is -0.697. The van der Waals surface area contributed by atoms with Crippen LogP contribution in [0.5, 0.6) is 0 Å². The van der Waals surface area contributed by atoms with E-state index in [0.29, 0.717) is 0 Å². The van der Waals surface area contributed by atoms with Crippen LogP contribution in [0.1, 0.15) is 36.5 Å². The maximum atomic E-state index is 13.0. The Hall–Kier alpha value is -3.26. The molecule has 0 saturated carbocycles. The monoisotopic (exact) mass is 593 g/mol. The zero-order valence-electron chi connectivity index (χ0n) is 20.6. The molecule has 6 nitrogen and oxygen atoms in total. The van der Waals surface area contributed by atoms with Crippen LogP contribution < -0.4 is 4.57 Å². The largest absolute Gasteiger partial charge is 0.502 e. The average Bonchev–Trinajstić information content (AvgIpc) is 3.22. The van der Waals surface area contributed by atoms with Crippen LogP contribution in [0.2, 0.25) is 0 Å². The lowest BCUT2D eigenvalue weighted by Gasteiger charge is -2.23. The minimum Gasteiger partial charge on any atom is -0.299 e. The van der Waals surface area contributed by atoms with Crippen LogP contribution in [0.25, 0.3) is 11.6 Å². The van der Waals surface area contributed by atoms with E-state index < -0.39 is 51.8 Å². The fourth-order valence-corrected chi connectivity index (χ4v) is 6.24. The van der Waals surface area contributed by atoms with E-state index in [1.165, 1.54) is 42.7 Å². The molecule has 0 atom stereocenters. The Morgan fingerprint density at radius 3 is 1.92 bits per heavy atom. The third kappa shape index (κ3) is 5.86. The van der Waals surface area contributed by atoms with Crippen LogP contribution in [0.15, 0.2) is 70.3 Å². The molecule has 0 amide bonds. The molecule has 0 spiro atoms. The van der Waals surface area contributed by atoms with Gasteiger partial charge >= 0.3 is 11.0 Å². The summed E-state index contributed by atoms with van der Waals surface area (Å²) in [4.78, 5) is -4.38. The molecule has 1 aromatic carbocycles. The van der Waals surface area contributed by atoms with Crippen molar-refractivity contribution in [2.45, 2.75) is 44.3 Å². The molecule has 0 aliphatic heterocycles. The van der Waals surface area contributed by atoms with Crippen molar-refractivity contribution in [3.8, 4) is 0 Å². The Kier molecular flexibility index (Phi) is 8.32. The van der Waals surface area contributed by atoms with E-state index in [1.54, 1.807) is 0 Å². The van der Waals surface area contributed by atoms with Gasteiger partial charge in [-0.1, -0.05) is 37.6 Å². The van der Waals surface area contributed by atoms with Crippen LogP contribution in [-0.4, -0.2) is 33.6 Å². The Morgan fingerprint density at radius 1 is 0.821 bits per heavy atom. The summed E-state index contributed by atoms with van der Waals surface area (Å²) in [5, 5.41) is 7.82. The molecule has 0 unspecified atom stereocenters. The normalized spacial score (nSPS) is 15.6. The summed E-state index contributed by atoms with van der Waals surface area (Å²) < 4.78 is 128. The Morgan fingerprint density at radius 2 is 1.38 bits per heavy atom. The number of allylic oxidation sites excluding steroid dienone is 4. The predicted octanol–water partition coefficient (Wildman–Crippen LogP) is 5.66. The number of aromatic nitrogens is 1. The number of rotatable bonds is 5. The van der Waals surface area contributed by atoms with Crippen LogP contribution in [0.4, 0.5) is 26.3 Å². The highest BCUT2D eigenvalue weighted by Gasteiger charge is 2.57. The maximum Gasteiger partial charge on any atom is 0.502 e. The Balaban J connectivity index is 0.000000320. The first-order valence-corrected chi connectivity index (χ1v) is 14.3. The highest BCUT2D eigenvalue weighted by atomic mass is 32.2. The second-order valence-electron chi connectivity index (χ2n) is 8.64. The number of pyridine rings is 1. The zero-order valence-corrected chi connectivity index (χ0v) is 22.2. The van der Waals surface area contributed by atoms with Crippen molar-refractivity contribution in [2.75, 3.05) is 0 Å². The second-order valence-corrected chi connectivity index (χ2v) is 12.4. The lowest BCUT2D eigenvalue weighted by Crippen LogP contribution is -2.35. The van der Waals surface area contributed by atoms with Crippen molar-refractivity contribution in [1.82, 2.24) is 0 Å². The van der Waals surface area contributed by atoms with Gasteiger partial charge in [0.05, 0.1) is 10.6 Å². The van der Waals surface area contributed by atoms with E-state index >= 15 is 0 Å². The van der Waals surface area contributed by atoms with Crippen molar-refractivity contribution >= 4 is 37.0 Å². The quantitative estimate of drug-likeness (QED) is 0.357. The molecule has 0 fully saturated rings. The minimum absolute atomic E-state index is 0.153. The number of halogens is 6. The van der Waals surface area contributed by atoms with Crippen molar-refractivity contribution in [2.24, 2.45) is 0 Å².